The first kappa shape index (κ1) is 13.8. The lowest BCUT2D eigenvalue weighted by Crippen LogP contribution is -2.42. The van der Waals surface area contributed by atoms with Crippen LogP contribution in [-0.2, 0) is 19.7 Å². The predicted molar refractivity (Wildman–Crippen MR) is 69.1 cm³/mol. The maximum absolute atomic E-state index is 11.7. The number of amides is 1. The molecule has 0 aromatic heterocycles. The molecule has 1 aromatic rings. The summed E-state index contributed by atoms with van der Waals surface area (Å²) in [5.41, 5.74) is 5.50. The predicted octanol–water partition coefficient (Wildman–Crippen LogP) is 1.27. The molecule has 0 unspecified atom stereocenters. The van der Waals surface area contributed by atoms with E-state index in [-0.39, 0.29) is 6.61 Å². The summed E-state index contributed by atoms with van der Waals surface area (Å²) in [5.74, 6) is -0.957. The molecule has 102 valence electrons. The lowest BCUT2D eigenvalue weighted by molar-refractivity contribution is -0.123. The molecule has 0 saturated carbocycles. The molecule has 0 radical (unpaired) electrons. The van der Waals surface area contributed by atoms with Gasteiger partial charge in [0.1, 0.15) is 5.41 Å². The number of primary amides is 1. The maximum Gasteiger partial charge on any atom is 0.337 e. The molecule has 6 heteroatoms. The molecule has 2 rings (SSSR count). The quantitative estimate of drug-likeness (QED) is 0.847. The summed E-state index contributed by atoms with van der Waals surface area (Å²) < 4.78 is 9.89. The Bertz CT molecular complexity index is 523. The van der Waals surface area contributed by atoms with Crippen molar-refractivity contribution in [3.05, 3.63) is 34.3 Å². The van der Waals surface area contributed by atoms with Gasteiger partial charge < -0.3 is 15.2 Å². The van der Waals surface area contributed by atoms with Crippen LogP contribution < -0.4 is 5.73 Å². The minimum absolute atomic E-state index is 0.208. The third kappa shape index (κ3) is 2.31. The number of hydrogen-bond acceptors (Lipinski definition) is 4. The Hall–Kier alpha value is -1.59. The molecule has 1 aliphatic rings. The molecular weight excluding hydrogens is 270 g/mol. The zero-order chi connectivity index (χ0) is 14.0. The fourth-order valence-electron chi connectivity index (χ4n) is 2.25. The minimum atomic E-state index is -0.911. The van der Waals surface area contributed by atoms with Gasteiger partial charge in [-0.3, -0.25) is 4.79 Å². The van der Waals surface area contributed by atoms with Crippen molar-refractivity contribution in [1.82, 2.24) is 0 Å². The van der Waals surface area contributed by atoms with Gasteiger partial charge in [0.25, 0.3) is 0 Å². The number of nitrogens with two attached hydrogens (primary N) is 1. The molecular formula is C13H14ClNO4. The highest BCUT2D eigenvalue weighted by molar-refractivity contribution is 6.32. The van der Waals surface area contributed by atoms with Gasteiger partial charge in [0.2, 0.25) is 5.91 Å². The summed E-state index contributed by atoms with van der Waals surface area (Å²) in [4.78, 5) is 23.2. The van der Waals surface area contributed by atoms with E-state index in [4.69, 9.17) is 22.1 Å². The Balaban J connectivity index is 2.45. The topological polar surface area (TPSA) is 78.6 Å². The molecule has 1 aliphatic heterocycles. The first-order valence-electron chi connectivity index (χ1n) is 5.77. The van der Waals surface area contributed by atoms with Crippen LogP contribution in [0.4, 0.5) is 0 Å². The van der Waals surface area contributed by atoms with Crippen LogP contribution >= 0.6 is 11.6 Å². The molecule has 1 fully saturated rings. The van der Waals surface area contributed by atoms with E-state index in [0.29, 0.717) is 29.2 Å². The van der Waals surface area contributed by atoms with Crippen molar-refractivity contribution in [2.45, 2.75) is 11.8 Å². The SMILES string of the molecule is COC(=O)c1ccc([C@]2(C(N)=O)CCOC2)c(Cl)c1. The highest BCUT2D eigenvalue weighted by atomic mass is 35.5. The number of ether oxygens (including phenoxy) is 2. The highest BCUT2D eigenvalue weighted by Gasteiger charge is 2.43. The molecule has 1 amide bonds. The van der Waals surface area contributed by atoms with Crippen molar-refractivity contribution in [2.75, 3.05) is 20.3 Å². The standard InChI is InChI=1S/C13H14ClNO4/c1-18-11(16)8-2-3-9(10(14)6-8)13(12(15)17)4-5-19-7-13/h2-3,6H,4-5,7H2,1H3,(H2,15,17)/t13-/m0/s1. The molecule has 1 heterocycles. The number of halogens is 1. The minimum Gasteiger partial charge on any atom is -0.465 e. The van der Waals surface area contributed by atoms with Crippen LogP contribution in [0.25, 0.3) is 0 Å². The van der Waals surface area contributed by atoms with E-state index in [1.54, 1.807) is 12.1 Å². The lowest BCUT2D eigenvalue weighted by atomic mass is 9.79. The van der Waals surface area contributed by atoms with E-state index < -0.39 is 17.3 Å². The van der Waals surface area contributed by atoms with E-state index in [2.05, 4.69) is 4.74 Å². The van der Waals surface area contributed by atoms with Crippen molar-refractivity contribution >= 4 is 23.5 Å². The van der Waals surface area contributed by atoms with E-state index in [1.807, 2.05) is 0 Å². The zero-order valence-electron chi connectivity index (χ0n) is 10.4. The number of carbonyl (C=O) groups excluding carboxylic acids is 2. The number of hydrogen-bond donors (Lipinski definition) is 1. The Morgan fingerprint density at radius 2 is 2.21 bits per heavy atom. The average molecular weight is 284 g/mol. The smallest absolute Gasteiger partial charge is 0.337 e. The fraction of sp³-hybridized carbons (Fsp3) is 0.385. The van der Waals surface area contributed by atoms with Crippen LogP contribution in [0.3, 0.4) is 0 Å². The summed E-state index contributed by atoms with van der Waals surface area (Å²) in [7, 11) is 1.29. The van der Waals surface area contributed by atoms with Gasteiger partial charge in [0.05, 0.1) is 19.3 Å². The molecule has 1 saturated heterocycles. The fourth-order valence-corrected chi connectivity index (χ4v) is 2.61. The van der Waals surface area contributed by atoms with Crippen molar-refractivity contribution in [1.29, 1.82) is 0 Å². The van der Waals surface area contributed by atoms with Crippen LogP contribution in [0.5, 0.6) is 0 Å². The molecule has 2 N–H and O–H groups in total. The van der Waals surface area contributed by atoms with Gasteiger partial charge in [-0.1, -0.05) is 17.7 Å². The Morgan fingerprint density at radius 3 is 2.68 bits per heavy atom. The van der Waals surface area contributed by atoms with Crippen molar-refractivity contribution in [2.24, 2.45) is 5.73 Å². The van der Waals surface area contributed by atoms with Gasteiger partial charge in [0, 0.05) is 11.6 Å². The van der Waals surface area contributed by atoms with Crippen molar-refractivity contribution in [3.63, 3.8) is 0 Å². The maximum atomic E-state index is 11.7. The van der Waals surface area contributed by atoms with E-state index >= 15 is 0 Å². The first-order chi connectivity index (χ1) is 9.01. The Labute approximate surface area is 115 Å². The van der Waals surface area contributed by atoms with Crippen LogP contribution in [0.1, 0.15) is 22.3 Å². The molecule has 0 bridgehead atoms. The van der Waals surface area contributed by atoms with Gasteiger partial charge in [-0.15, -0.1) is 0 Å². The third-order valence-electron chi connectivity index (χ3n) is 3.40. The van der Waals surface area contributed by atoms with Crippen molar-refractivity contribution in [3.8, 4) is 0 Å². The van der Waals surface area contributed by atoms with E-state index in [9.17, 15) is 9.59 Å². The molecule has 0 spiro atoms. The van der Waals surface area contributed by atoms with Crippen molar-refractivity contribution < 1.29 is 19.1 Å². The summed E-state index contributed by atoms with van der Waals surface area (Å²) in [5, 5.41) is 0.312. The third-order valence-corrected chi connectivity index (χ3v) is 3.71. The number of rotatable bonds is 3. The summed E-state index contributed by atoms with van der Waals surface area (Å²) in [6.45, 7) is 0.664. The van der Waals surface area contributed by atoms with E-state index in [0.717, 1.165) is 0 Å². The van der Waals surface area contributed by atoms with Gasteiger partial charge >= 0.3 is 5.97 Å². The van der Waals surface area contributed by atoms with Gasteiger partial charge in [-0.05, 0) is 24.1 Å². The summed E-state index contributed by atoms with van der Waals surface area (Å²) in [6, 6.07) is 4.68. The summed E-state index contributed by atoms with van der Waals surface area (Å²) in [6.07, 6.45) is 0.486. The Morgan fingerprint density at radius 1 is 1.47 bits per heavy atom. The second-order valence-corrected chi connectivity index (χ2v) is 4.84. The summed E-state index contributed by atoms with van der Waals surface area (Å²) >= 11 is 6.17. The Kier molecular flexibility index (Phi) is 3.78. The largest absolute Gasteiger partial charge is 0.465 e. The molecule has 0 aliphatic carbocycles. The highest BCUT2D eigenvalue weighted by Crippen LogP contribution is 2.37. The zero-order valence-corrected chi connectivity index (χ0v) is 11.2. The monoisotopic (exact) mass is 283 g/mol. The van der Waals surface area contributed by atoms with E-state index in [1.165, 1.54) is 13.2 Å². The molecule has 5 nitrogen and oxygen atoms in total. The van der Waals surface area contributed by atoms with Crippen LogP contribution in [0.15, 0.2) is 18.2 Å². The second-order valence-electron chi connectivity index (χ2n) is 4.44. The number of esters is 1. The first-order valence-corrected chi connectivity index (χ1v) is 6.15. The molecule has 1 aromatic carbocycles. The number of methoxy groups -OCH3 is 1. The van der Waals surface area contributed by atoms with Crippen LogP contribution in [0, 0.1) is 0 Å². The van der Waals surface area contributed by atoms with Crippen LogP contribution in [0.2, 0.25) is 5.02 Å². The lowest BCUT2D eigenvalue weighted by Gasteiger charge is -2.25. The normalized spacial score (nSPS) is 22.2. The average Bonchev–Trinajstić information content (AvgIpc) is 2.88. The van der Waals surface area contributed by atoms with Crippen LogP contribution in [-0.4, -0.2) is 32.2 Å². The van der Waals surface area contributed by atoms with Gasteiger partial charge in [-0.25, -0.2) is 4.79 Å². The molecule has 19 heavy (non-hydrogen) atoms. The van der Waals surface area contributed by atoms with Gasteiger partial charge in [0.15, 0.2) is 0 Å². The number of carbonyl (C=O) groups is 2. The van der Waals surface area contributed by atoms with Gasteiger partial charge in [-0.2, -0.15) is 0 Å². The second kappa shape index (κ2) is 5.19. The number of benzene rings is 1. The molecule has 1 atom stereocenters.